The Kier molecular flexibility index (Phi) is 3.02. The van der Waals surface area contributed by atoms with Crippen molar-refractivity contribution in [1.82, 2.24) is 5.32 Å². The van der Waals surface area contributed by atoms with Gasteiger partial charge in [-0.15, -0.1) is 0 Å². The van der Waals surface area contributed by atoms with Gasteiger partial charge in [-0.3, -0.25) is 0 Å². The van der Waals surface area contributed by atoms with Crippen LogP contribution >= 0.6 is 11.6 Å². The fourth-order valence-corrected chi connectivity index (χ4v) is 3.96. The topological polar surface area (TPSA) is 34.4 Å². The van der Waals surface area contributed by atoms with Crippen LogP contribution in [-0.4, -0.2) is 19.3 Å². The maximum absolute atomic E-state index is 6.04. The molecule has 2 aromatic rings. The Hall–Kier alpha value is -1.03. The van der Waals surface area contributed by atoms with Crippen LogP contribution in [0.15, 0.2) is 28.7 Å². The van der Waals surface area contributed by atoms with Gasteiger partial charge in [0.1, 0.15) is 11.3 Å². The minimum Gasteiger partial charge on any atom is -0.459 e. The van der Waals surface area contributed by atoms with Gasteiger partial charge in [0.15, 0.2) is 0 Å². The Bertz CT molecular complexity index is 638. The molecule has 0 spiro atoms. The summed E-state index contributed by atoms with van der Waals surface area (Å²) in [6.07, 6.45) is 4.37. The van der Waals surface area contributed by atoms with Crippen molar-refractivity contribution in [2.45, 2.75) is 37.5 Å². The monoisotopic (exact) mass is 291 g/mol. The van der Waals surface area contributed by atoms with Gasteiger partial charge in [-0.2, -0.15) is 0 Å². The third-order valence-electron chi connectivity index (χ3n) is 4.70. The van der Waals surface area contributed by atoms with Crippen molar-refractivity contribution in [1.29, 1.82) is 0 Å². The third-order valence-corrected chi connectivity index (χ3v) is 4.93. The lowest BCUT2D eigenvalue weighted by atomic mass is 9.83. The molecule has 0 saturated carbocycles. The van der Waals surface area contributed by atoms with E-state index >= 15 is 0 Å². The molecule has 4 rings (SSSR count). The highest BCUT2D eigenvalue weighted by Crippen LogP contribution is 2.45. The molecule has 2 saturated heterocycles. The van der Waals surface area contributed by atoms with Gasteiger partial charge in [-0.1, -0.05) is 11.6 Å². The molecule has 1 N–H and O–H groups in total. The molecule has 3 heterocycles. The lowest BCUT2D eigenvalue weighted by Gasteiger charge is -2.26. The first-order valence-corrected chi connectivity index (χ1v) is 7.64. The van der Waals surface area contributed by atoms with Crippen molar-refractivity contribution in [3.05, 3.63) is 35.0 Å². The zero-order valence-corrected chi connectivity index (χ0v) is 12.2. The number of rotatable bonds is 3. The molecule has 4 heteroatoms. The van der Waals surface area contributed by atoms with E-state index in [1.54, 1.807) is 0 Å². The highest BCUT2D eigenvalue weighted by molar-refractivity contribution is 6.31. The van der Waals surface area contributed by atoms with Crippen LogP contribution in [0.5, 0.6) is 0 Å². The van der Waals surface area contributed by atoms with E-state index in [-0.39, 0.29) is 6.04 Å². The average Bonchev–Trinajstić information content (AvgIpc) is 3.13. The second-order valence-corrected chi connectivity index (χ2v) is 6.31. The number of hydrogen-bond donors (Lipinski definition) is 1. The average molecular weight is 292 g/mol. The second-order valence-electron chi connectivity index (χ2n) is 5.87. The number of furan rings is 1. The van der Waals surface area contributed by atoms with E-state index in [1.165, 1.54) is 12.8 Å². The molecule has 2 aliphatic heterocycles. The molecular formula is C16H18ClNO2. The van der Waals surface area contributed by atoms with Gasteiger partial charge in [-0.25, -0.2) is 0 Å². The first-order chi connectivity index (χ1) is 9.74. The Balaban J connectivity index is 1.69. The highest BCUT2D eigenvalue weighted by atomic mass is 35.5. The van der Waals surface area contributed by atoms with Crippen molar-refractivity contribution in [2.24, 2.45) is 5.92 Å². The molecule has 3 nitrogen and oxygen atoms in total. The molecule has 4 atom stereocenters. The van der Waals surface area contributed by atoms with Gasteiger partial charge in [-0.05, 0) is 50.6 Å². The minimum absolute atomic E-state index is 0.219. The summed E-state index contributed by atoms with van der Waals surface area (Å²) in [5.41, 5.74) is 0.897. The van der Waals surface area contributed by atoms with E-state index in [9.17, 15) is 0 Å². The van der Waals surface area contributed by atoms with Gasteiger partial charge in [0.05, 0.1) is 18.2 Å². The molecule has 0 radical (unpaired) electrons. The Morgan fingerprint density at radius 2 is 2.20 bits per heavy atom. The Morgan fingerprint density at radius 3 is 2.90 bits per heavy atom. The molecule has 2 aliphatic rings. The number of ether oxygens (including phenoxy) is 1. The number of fused-ring (bicyclic) bond motifs is 3. The second kappa shape index (κ2) is 4.76. The minimum atomic E-state index is 0.219. The smallest absolute Gasteiger partial charge is 0.134 e. The summed E-state index contributed by atoms with van der Waals surface area (Å²) < 4.78 is 12.0. The maximum atomic E-state index is 6.04. The molecule has 1 aromatic carbocycles. The van der Waals surface area contributed by atoms with Crippen molar-refractivity contribution >= 4 is 22.6 Å². The van der Waals surface area contributed by atoms with Crippen LogP contribution in [0.4, 0.5) is 0 Å². The van der Waals surface area contributed by atoms with Gasteiger partial charge >= 0.3 is 0 Å². The van der Waals surface area contributed by atoms with Crippen LogP contribution in [0.2, 0.25) is 5.02 Å². The van der Waals surface area contributed by atoms with Crippen LogP contribution in [0.3, 0.4) is 0 Å². The zero-order chi connectivity index (χ0) is 13.7. The van der Waals surface area contributed by atoms with Crippen LogP contribution in [-0.2, 0) is 4.74 Å². The molecular weight excluding hydrogens is 274 g/mol. The Labute approximate surface area is 123 Å². The summed E-state index contributed by atoms with van der Waals surface area (Å²) >= 11 is 6.04. The summed E-state index contributed by atoms with van der Waals surface area (Å²) in [6.45, 7) is 0. The predicted octanol–water partition coefficient (Wildman–Crippen LogP) is 3.91. The Morgan fingerprint density at radius 1 is 1.30 bits per heavy atom. The lowest BCUT2D eigenvalue weighted by molar-refractivity contribution is 0.0846. The molecule has 0 amide bonds. The number of nitrogens with one attached hydrogen (secondary N) is 1. The lowest BCUT2D eigenvalue weighted by Crippen LogP contribution is -2.31. The summed E-state index contributed by atoms with van der Waals surface area (Å²) in [5, 5.41) is 5.23. The number of halogens is 1. The van der Waals surface area contributed by atoms with E-state index in [2.05, 4.69) is 11.4 Å². The van der Waals surface area contributed by atoms with Crippen LogP contribution < -0.4 is 5.32 Å². The van der Waals surface area contributed by atoms with Crippen LogP contribution in [0.1, 0.15) is 31.1 Å². The number of hydrogen-bond acceptors (Lipinski definition) is 3. The predicted molar refractivity (Wildman–Crippen MR) is 79.0 cm³/mol. The van der Waals surface area contributed by atoms with Crippen molar-refractivity contribution in [3.8, 4) is 0 Å². The largest absolute Gasteiger partial charge is 0.459 e. The molecule has 0 aliphatic carbocycles. The van der Waals surface area contributed by atoms with Gasteiger partial charge in [0.25, 0.3) is 0 Å². The van der Waals surface area contributed by atoms with E-state index in [0.29, 0.717) is 18.1 Å². The van der Waals surface area contributed by atoms with Gasteiger partial charge in [0, 0.05) is 16.3 Å². The zero-order valence-electron chi connectivity index (χ0n) is 11.4. The van der Waals surface area contributed by atoms with Gasteiger partial charge in [0.2, 0.25) is 0 Å². The van der Waals surface area contributed by atoms with E-state index < -0.39 is 0 Å². The van der Waals surface area contributed by atoms with Crippen LogP contribution in [0.25, 0.3) is 11.0 Å². The first kappa shape index (κ1) is 12.7. The SMILES string of the molecule is CNC(c1cc2cc(Cl)ccc2o1)C1CC2CCC1O2. The maximum Gasteiger partial charge on any atom is 0.134 e. The fraction of sp³-hybridized carbons (Fsp3) is 0.500. The standard InChI is InChI=1S/C16H18ClNO2/c1-18-16(12-8-11-3-5-14(12)19-11)15-7-9-6-10(17)2-4-13(9)20-15/h2,4,6-7,11-12,14,16,18H,3,5,8H2,1H3. The molecule has 2 fully saturated rings. The first-order valence-electron chi connectivity index (χ1n) is 7.26. The molecule has 106 valence electrons. The summed E-state index contributed by atoms with van der Waals surface area (Å²) in [4.78, 5) is 0. The molecule has 4 unspecified atom stereocenters. The van der Waals surface area contributed by atoms with Crippen molar-refractivity contribution < 1.29 is 9.15 Å². The summed E-state index contributed by atoms with van der Waals surface area (Å²) in [7, 11) is 2.00. The normalized spacial score (nSPS) is 30.2. The quantitative estimate of drug-likeness (QED) is 0.931. The third kappa shape index (κ3) is 1.96. The van der Waals surface area contributed by atoms with E-state index in [0.717, 1.165) is 28.2 Å². The fourth-order valence-electron chi connectivity index (χ4n) is 3.78. The van der Waals surface area contributed by atoms with E-state index in [1.807, 2.05) is 25.2 Å². The summed E-state index contributed by atoms with van der Waals surface area (Å²) in [5.74, 6) is 1.50. The van der Waals surface area contributed by atoms with Crippen molar-refractivity contribution in [3.63, 3.8) is 0 Å². The molecule has 1 aromatic heterocycles. The molecule has 2 bridgehead atoms. The van der Waals surface area contributed by atoms with Crippen LogP contribution in [0, 0.1) is 5.92 Å². The number of benzene rings is 1. The van der Waals surface area contributed by atoms with Crippen molar-refractivity contribution in [2.75, 3.05) is 7.05 Å². The highest BCUT2D eigenvalue weighted by Gasteiger charge is 2.45. The van der Waals surface area contributed by atoms with Gasteiger partial charge < -0.3 is 14.5 Å². The van der Waals surface area contributed by atoms with E-state index in [4.69, 9.17) is 20.8 Å². The summed E-state index contributed by atoms with van der Waals surface area (Å²) in [6, 6.07) is 8.08. The molecule has 20 heavy (non-hydrogen) atoms.